The highest BCUT2D eigenvalue weighted by atomic mass is 16.5. The van der Waals surface area contributed by atoms with Crippen molar-refractivity contribution in [3.8, 4) is 17.2 Å². The summed E-state index contributed by atoms with van der Waals surface area (Å²) in [5.41, 5.74) is 1.14. The molecule has 1 aromatic rings. The second-order valence-corrected chi connectivity index (χ2v) is 6.03. The van der Waals surface area contributed by atoms with Gasteiger partial charge in [0.15, 0.2) is 11.5 Å². The minimum absolute atomic E-state index is 0.459. The van der Waals surface area contributed by atoms with Gasteiger partial charge in [0.25, 0.3) is 0 Å². The van der Waals surface area contributed by atoms with Crippen LogP contribution in [0.15, 0.2) is 12.1 Å². The number of methoxy groups -OCH3 is 3. The van der Waals surface area contributed by atoms with Crippen molar-refractivity contribution >= 4 is 5.69 Å². The number of anilines is 1. The van der Waals surface area contributed by atoms with E-state index in [1.807, 2.05) is 0 Å². The van der Waals surface area contributed by atoms with Gasteiger partial charge in [0.1, 0.15) is 0 Å². The summed E-state index contributed by atoms with van der Waals surface area (Å²) in [6.07, 6.45) is 3.41. The molecule has 0 radical (unpaired) electrons. The zero-order valence-corrected chi connectivity index (χ0v) is 15.0. The van der Waals surface area contributed by atoms with Gasteiger partial charge in [-0.25, -0.2) is 0 Å². The number of benzene rings is 1. The average molecular weight is 322 g/mol. The van der Waals surface area contributed by atoms with E-state index in [9.17, 15) is 0 Å². The molecule has 130 valence electrons. The van der Waals surface area contributed by atoms with Crippen molar-refractivity contribution in [1.29, 1.82) is 0 Å². The molecule has 0 saturated carbocycles. The van der Waals surface area contributed by atoms with Gasteiger partial charge in [0.2, 0.25) is 5.75 Å². The molecule has 5 heteroatoms. The molecular weight excluding hydrogens is 292 g/mol. The first kappa shape index (κ1) is 17.7. The lowest BCUT2D eigenvalue weighted by Crippen LogP contribution is -2.47. The molecule has 1 fully saturated rings. The average Bonchev–Trinajstić information content (AvgIpc) is 2.61. The first-order valence-electron chi connectivity index (χ1n) is 8.45. The smallest absolute Gasteiger partial charge is 0.203 e. The number of ether oxygens (including phenoxy) is 3. The molecule has 0 amide bonds. The lowest BCUT2D eigenvalue weighted by atomic mass is 10.0. The van der Waals surface area contributed by atoms with E-state index in [4.69, 9.17) is 14.2 Å². The molecule has 1 aliphatic heterocycles. The fraction of sp³-hybridized carbons (Fsp3) is 0.667. The first-order chi connectivity index (χ1) is 11.2. The Hall–Kier alpha value is -1.62. The molecule has 1 saturated heterocycles. The first-order valence-corrected chi connectivity index (χ1v) is 8.45. The summed E-state index contributed by atoms with van der Waals surface area (Å²) in [5, 5.41) is 3.45. The molecule has 1 N–H and O–H groups in total. The standard InChI is InChI=1S/C18H30N2O3/c1-6-13(2)20(14-7-9-19-10-8-14)15-11-16(21-3)18(23-5)17(12-15)22-4/h11-14,19H,6-10H2,1-5H3. The van der Waals surface area contributed by atoms with Crippen LogP contribution >= 0.6 is 0 Å². The topological polar surface area (TPSA) is 43.0 Å². The van der Waals surface area contributed by atoms with Crippen LogP contribution in [0.4, 0.5) is 5.69 Å². The molecule has 0 aliphatic carbocycles. The maximum Gasteiger partial charge on any atom is 0.203 e. The zero-order chi connectivity index (χ0) is 16.8. The monoisotopic (exact) mass is 322 g/mol. The van der Waals surface area contributed by atoms with Gasteiger partial charge in [-0.3, -0.25) is 0 Å². The van der Waals surface area contributed by atoms with Crippen LogP contribution in [0.1, 0.15) is 33.1 Å². The summed E-state index contributed by atoms with van der Waals surface area (Å²) in [4.78, 5) is 2.52. The Morgan fingerprint density at radius 1 is 1.09 bits per heavy atom. The van der Waals surface area contributed by atoms with Crippen LogP contribution in [0.25, 0.3) is 0 Å². The highest BCUT2D eigenvalue weighted by Gasteiger charge is 2.27. The van der Waals surface area contributed by atoms with Crippen molar-refractivity contribution in [2.75, 3.05) is 39.3 Å². The highest BCUT2D eigenvalue weighted by Crippen LogP contribution is 2.42. The summed E-state index contributed by atoms with van der Waals surface area (Å²) in [6, 6.07) is 5.13. The van der Waals surface area contributed by atoms with E-state index in [1.165, 1.54) is 0 Å². The van der Waals surface area contributed by atoms with E-state index in [-0.39, 0.29) is 0 Å². The van der Waals surface area contributed by atoms with Crippen molar-refractivity contribution in [1.82, 2.24) is 5.32 Å². The third-order valence-electron chi connectivity index (χ3n) is 4.72. The van der Waals surface area contributed by atoms with Crippen LogP contribution in [0.2, 0.25) is 0 Å². The van der Waals surface area contributed by atoms with E-state index in [0.29, 0.717) is 29.3 Å². The number of hydrogen-bond donors (Lipinski definition) is 1. The minimum atomic E-state index is 0.459. The molecule has 1 aliphatic rings. The van der Waals surface area contributed by atoms with Crippen molar-refractivity contribution in [2.24, 2.45) is 0 Å². The molecule has 23 heavy (non-hydrogen) atoms. The third kappa shape index (κ3) is 3.83. The van der Waals surface area contributed by atoms with Crippen molar-refractivity contribution in [2.45, 2.75) is 45.2 Å². The zero-order valence-electron chi connectivity index (χ0n) is 15.0. The molecule has 1 atom stereocenters. The fourth-order valence-corrected chi connectivity index (χ4v) is 3.32. The number of rotatable bonds is 7. The molecule has 1 heterocycles. The van der Waals surface area contributed by atoms with Crippen LogP contribution in [0, 0.1) is 0 Å². The molecule has 2 rings (SSSR count). The Morgan fingerprint density at radius 2 is 1.65 bits per heavy atom. The Kier molecular flexibility index (Phi) is 6.39. The van der Waals surface area contributed by atoms with Crippen molar-refractivity contribution in [3.05, 3.63) is 12.1 Å². The van der Waals surface area contributed by atoms with Crippen LogP contribution in [-0.2, 0) is 0 Å². The van der Waals surface area contributed by atoms with Crippen LogP contribution in [-0.4, -0.2) is 46.5 Å². The maximum atomic E-state index is 5.53. The van der Waals surface area contributed by atoms with Crippen LogP contribution < -0.4 is 24.4 Å². The summed E-state index contributed by atoms with van der Waals surface area (Å²) in [5.74, 6) is 2.07. The fourth-order valence-electron chi connectivity index (χ4n) is 3.32. The Balaban J connectivity index is 2.44. The predicted molar refractivity (Wildman–Crippen MR) is 94.2 cm³/mol. The van der Waals surface area contributed by atoms with E-state index < -0.39 is 0 Å². The van der Waals surface area contributed by atoms with Crippen molar-refractivity contribution < 1.29 is 14.2 Å². The molecular formula is C18H30N2O3. The van der Waals surface area contributed by atoms with Gasteiger partial charge in [0.05, 0.1) is 21.3 Å². The second kappa shape index (κ2) is 8.29. The van der Waals surface area contributed by atoms with E-state index >= 15 is 0 Å². The summed E-state index contributed by atoms with van der Waals surface area (Å²) < 4.78 is 16.5. The molecule has 0 bridgehead atoms. The number of hydrogen-bond acceptors (Lipinski definition) is 5. The van der Waals surface area contributed by atoms with Gasteiger partial charge in [-0.2, -0.15) is 0 Å². The quantitative estimate of drug-likeness (QED) is 0.836. The predicted octanol–water partition coefficient (Wildman–Crippen LogP) is 3.07. The normalized spacial score (nSPS) is 16.7. The molecule has 0 spiro atoms. The molecule has 1 aromatic carbocycles. The van der Waals surface area contributed by atoms with E-state index in [0.717, 1.165) is 38.0 Å². The van der Waals surface area contributed by atoms with E-state index in [2.05, 4.69) is 36.2 Å². The maximum absolute atomic E-state index is 5.53. The summed E-state index contributed by atoms with van der Waals surface area (Å²) in [6.45, 7) is 6.66. The minimum Gasteiger partial charge on any atom is -0.493 e. The van der Waals surface area contributed by atoms with Gasteiger partial charge < -0.3 is 24.4 Å². The molecule has 1 unspecified atom stereocenters. The number of nitrogens with one attached hydrogen (secondary N) is 1. The highest BCUT2D eigenvalue weighted by molar-refractivity contribution is 5.64. The van der Waals surface area contributed by atoms with Gasteiger partial charge in [0, 0.05) is 29.9 Å². The molecule has 5 nitrogen and oxygen atoms in total. The van der Waals surface area contributed by atoms with E-state index in [1.54, 1.807) is 21.3 Å². The second-order valence-electron chi connectivity index (χ2n) is 6.03. The number of piperidine rings is 1. The largest absolute Gasteiger partial charge is 0.493 e. The van der Waals surface area contributed by atoms with Gasteiger partial charge in [-0.15, -0.1) is 0 Å². The van der Waals surface area contributed by atoms with Gasteiger partial charge >= 0.3 is 0 Å². The molecule has 0 aromatic heterocycles. The van der Waals surface area contributed by atoms with Crippen LogP contribution in [0.3, 0.4) is 0 Å². The van der Waals surface area contributed by atoms with Gasteiger partial charge in [-0.05, 0) is 39.3 Å². The SMILES string of the molecule is CCC(C)N(c1cc(OC)c(OC)c(OC)c1)C1CCNCC1. The summed E-state index contributed by atoms with van der Waals surface area (Å²) >= 11 is 0. The lowest BCUT2D eigenvalue weighted by Gasteiger charge is -2.40. The van der Waals surface area contributed by atoms with Crippen molar-refractivity contribution in [3.63, 3.8) is 0 Å². The lowest BCUT2D eigenvalue weighted by molar-refractivity contribution is 0.323. The Bertz CT molecular complexity index is 476. The Morgan fingerprint density at radius 3 is 2.09 bits per heavy atom. The van der Waals surface area contributed by atoms with Crippen LogP contribution in [0.5, 0.6) is 17.2 Å². The van der Waals surface area contributed by atoms with Gasteiger partial charge in [-0.1, -0.05) is 6.92 Å². The Labute approximate surface area is 139 Å². The third-order valence-corrected chi connectivity index (χ3v) is 4.72. The summed E-state index contributed by atoms with van der Waals surface area (Å²) in [7, 11) is 4.97. The number of nitrogens with zero attached hydrogens (tertiary/aromatic N) is 1.